The normalized spacial score (nSPS) is 38.5. The first kappa shape index (κ1) is 12.2. The fourth-order valence-electron chi connectivity index (χ4n) is 2.76. The average Bonchev–Trinajstić information content (AvgIpc) is 2.06. The molecule has 0 unspecified atom stereocenters. The third kappa shape index (κ3) is 2.60. The van der Waals surface area contributed by atoms with Gasteiger partial charge < -0.3 is 5.11 Å². The predicted molar refractivity (Wildman–Crippen MR) is 47.4 cm³/mol. The topological polar surface area (TPSA) is 23.1 Å². The van der Waals surface area contributed by atoms with Crippen molar-refractivity contribution >= 4 is 0 Å². The Morgan fingerprint density at radius 1 is 1.46 bits per heavy atom. The maximum Gasteiger partial charge on any atom is 1.00 e. The molecule has 1 nitrogen and oxygen atoms in total. The van der Waals surface area contributed by atoms with Crippen molar-refractivity contribution in [1.82, 2.24) is 0 Å². The Labute approximate surface area is 123 Å². The van der Waals surface area contributed by atoms with Gasteiger partial charge >= 0.3 is 51.4 Å². The molecule has 2 heteroatoms. The van der Waals surface area contributed by atoms with Gasteiger partial charge in [-0.05, 0) is 37.0 Å². The third-order valence-corrected chi connectivity index (χ3v) is 3.78. The summed E-state index contributed by atoms with van der Waals surface area (Å²) < 4.78 is 0. The Hall–Kier alpha value is 1.18. The van der Waals surface area contributed by atoms with Crippen molar-refractivity contribution in [3.05, 3.63) is 11.8 Å². The molecule has 0 bridgehead atoms. The van der Waals surface area contributed by atoms with Crippen LogP contribution in [-0.2, 0) is 0 Å². The van der Waals surface area contributed by atoms with Crippen molar-refractivity contribution in [1.29, 1.82) is 0 Å². The SMILES string of the molecule is C[C@]12CC=C([O-])C[C@@H]1CCCC2.[K+]. The number of hydrogen-bond donors (Lipinski definition) is 0. The summed E-state index contributed by atoms with van der Waals surface area (Å²) in [4.78, 5) is 0. The summed E-state index contributed by atoms with van der Waals surface area (Å²) in [6.45, 7) is 2.36. The van der Waals surface area contributed by atoms with E-state index in [0.717, 1.165) is 12.8 Å². The van der Waals surface area contributed by atoms with Crippen LogP contribution < -0.4 is 56.5 Å². The third-order valence-electron chi connectivity index (χ3n) is 3.78. The van der Waals surface area contributed by atoms with E-state index in [9.17, 15) is 5.11 Å². The van der Waals surface area contributed by atoms with E-state index in [1.54, 1.807) is 0 Å². The van der Waals surface area contributed by atoms with Crippen LogP contribution in [0.25, 0.3) is 0 Å². The van der Waals surface area contributed by atoms with E-state index in [2.05, 4.69) is 6.92 Å². The van der Waals surface area contributed by atoms with E-state index in [0.29, 0.717) is 17.1 Å². The second-order valence-corrected chi connectivity index (χ2v) is 4.68. The smallest absolute Gasteiger partial charge is 0.876 e. The second kappa shape index (κ2) is 4.80. The number of hydrogen-bond acceptors (Lipinski definition) is 1. The molecule has 2 atom stereocenters. The molecule has 0 heterocycles. The van der Waals surface area contributed by atoms with Gasteiger partial charge in [-0.1, -0.05) is 25.8 Å². The van der Waals surface area contributed by atoms with Gasteiger partial charge in [0.25, 0.3) is 0 Å². The van der Waals surface area contributed by atoms with Crippen LogP contribution in [0.3, 0.4) is 0 Å². The van der Waals surface area contributed by atoms with E-state index in [-0.39, 0.29) is 51.4 Å². The van der Waals surface area contributed by atoms with Gasteiger partial charge in [0.05, 0.1) is 0 Å². The fraction of sp³-hybridized carbons (Fsp3) is 0.818. The molecule has 13 heavy (non-hydrogen) atoms. The molecule has 1 saturated carbocycles. The van der Waals surface area contributed by atoms with Crippen molar-refractivity contribution in [2.75, 3.05) is 0 Å². The van der Waals surface area contributed by atoms with Gasteiger partial charge in [0, 0.05) is 0 Å². The zero-order chi connectivity index (χ0) is 8.60. The van der Waals surface area contributed by atoms with Crippen LogP contribution in [0.1, 0.15) is 45.4 Å². The monoisotopic (exact) mass is 204 g/mol. The number of allylic oxidation sites excluding steroid dienone is 2. The molecule has 0 aromatic rings. The molecule has 2 rings (SSSR count). The maximum absolute atomic E-state index is 11.2. The number of fused-ring (bicyclic) bond motifs is 1. The summed E-state index contributed by atoms with van der Waals surface area (Å²) in [6, 6.07) is 0. The quantitative estimate of drug-likeness (QED) is 0.475. The van der Waals surface area contributed by atoms with Crippen molar-refractivity contribution in [3.8, 4) is 0 Å². The van der Waals surface area contributed by atoms with Crippen LogP contribution >= 0.6 is 0 Å². The summed E-state index contributed by atoms with van der Waals surface area (Å²) >= 11 is 0. The Morgan fingerprint density at radius 3 is 3.00 bits per heavy atom. The molecule has 0 amide bonds. The Balaban J connectivity index is 0.000000845. The molecule has 0 spiro atoms. The van der Waals surface area contributed by atoms with Crippen LogP contribution in [0.15, 0.2) is 11.8 Å². The van der Waals surface area contributed by atoms with Gasteiger partial charge in [0.1, 0.15) is 0 Å². The molecule has 2 aliphatic rings. The molecular formula is C11H17KO. The van der Waals surface area contributed by atoms with Gasteiger partial charge in [-0.15, -0.1) is 5.76 Å². The molecule has 0 N–H and O–H groups in total. The zero-order valence-corrected chi connectivity index (χ0v) is 11.9. The average molecular weight is 204 g/mol. The summed E-state index contributed by atoms with van der Waals surface area (Å²) in [5.74, 6) is 1.09. The zero-order valence-electron chi connectivity index (χ0n) is 8.81. The standard InChI is InChI=1S/C11H18O.K/c1-11-6-3-2-4-9(11)8-10(12)5-7-11;/h5,9,12H,2-4,6-8H2,1H3;/q;+1/p-1/t9-,11-;/m0./s1. The van der Waals surface area contributed by atoms with Crippen molar-refractivity contribution in [3.63, 3.8) is 0 Å². The fourth-order valence-corrected chi connectivity index (χ4v) is 2.76. The Kier molecular flexibility index (Phi) is 4.52. The van der Waals surface area contributed by atoms with Crippen LogP contribution in [0.5, 0.6) is 0 Å². The molecule has 0 aromatic heterocycles. The van der Waals surface area contributed by atoms with Gasteiger partial charge in [0.15, 0.2) is 0 Å². The summed E-state index contributed by atoms with van der Waals surface area (Å²) in [7, 11) is 0. The van der Waals surface area contributed by atoms with Crippen LogP contribution in [0.2, 0.25) is 0 Å². The minimum absolute atomic E-state index is 0. The van der Waals surface area contributed by atoms with Crippen LogP contribution in [0.4, 0.5) is 0 Å². The first-order valence-electron chi connectivity index (χ1n) is 5.07. The number of rotatable bonds is 0. The Bertz CT molecular complexity index is 212. The van der Waals surface area contributed by atoms with Crippen molar-refractivity contribution < 1.29 is 56.5 Å². The molecule has 0 aromatic carbocycles. The van der Waals surface area contributed by atoms with Crippen LogP contribution in [-0.4, -0.2) is 0 Å². The Morgan fingerprint density at radius 2 is 2.23 bits per heavy atom. The molecule has 0 saturated heterocycles. The molecular weight excluding hydrogens is 187 g/mol. The minimum Gasteiger partial charge on any atom is -0.876 e. The predicted octanol–water partition coefficient (Wildman–Crippen LogP) is -0.775. The van der Waals surface area contributed by atoms with Gasteiger partial charge in [-0.3, -0.25) is 0 Å². The maximum atomic E-state index is 11.2. The summed E-state index contributed by atoms with van der Waals surface area (Å²) in [6.07, 6.45) is 9.12. The van der Waals surface area contributed by atoms with Gasteiger partial charge in [-0.2, -0.15) is 0 Å². The van der Waals surface area contributed by atoms with Gasteiger partial charge in [0.2, 0.25) is 0 Å². The van der Waals surface area contributed by atoms with E-state index in [1.165, 1.54) is 25.7 Å². The van der Waals surface area contributed by atoms with E-state index < -0.39 is 0 Å². The first-order valence-corrected chi connectivity index (χ1v) is 5.07. The van der Waals surface area contributed by atoms with E-state index in [4.69, 9.17) is 0 Å². The molecule has 0 aliphatic heterocycles. The van der Waals surface area contributed by atoms with Crippen molar-refractivity contribution in [2.45, 2.75) is 45.4 Å². The summed E-state index contributed by atoms with van der Waals surface area (Å²) in [5, 5.41) is 11.2. The molecule has 1 fully saturated rings. The first-order chi connectivity index (χ1) is 5.71. The van der Waals surface area contributed by atoms with E-state index >= 15 is 0 Å². The largest absolute Gasteiger partial charge is 1.00 e. The van der Waals surface area contributed by atoms with E-state index in [1.807, 2.05) is 6.08 Å². The van der Waals surface area contributed by atoms with Crippen LogP contribution in [0, 0.1) is 11.3 Å². The molecule has 2 aliphatic carbocycles. The second-order valence-electron chi connectivity index (χ2n) is 4.68. The molecule has 68 valence electrons. The minimum atomic E-state index is 0. The van der Waals surface area contributed by atoms with Crippen molar-refractivity contribution in [2.24, 2.45) is 11.3 Å². The van der Waals surface area contributed by atoms with Gasteiger partial charge in [-0.25, -0.2) is 0 Å². The molecule has 0 radical (unpaired) electrons. The summed E-state index contributed by atoms with van der Waals surface area (Å²) in [5.41, 5.74) is 0.478.